The first-order valence-electron chi connectivity index (χ1n) is 26.4. The van der Waals surface area contributed by atoms with Crippen molar-refractivity contribution in [3.8, 4) is 0 Å². The molecule has 7 N–H and O–H groups in total. The number of aliphatic hydroxyl groups excluding tert-OH is 2. The summed E-state index contributed by atoms with van der Waals surface area (Å²) in [6.07, 6.45) is 20.7. The molecule has 4 aromatic rings. The molecular weight excluding hydrogens is 1010 g/mol. The maximum Gasteiger partial charge on any atom is 0.338 e. The van der Waals surface area contributed by atoms with Gasteiger partial charge in [0.15, 0.2) is 11.6 Å². The van der Waals surface area contributed by atoms with Gasteiger partial charge in [-0.1, -0.05) is 140 Å². The number of aryl methyl sites for hydroxylation is 4. The van der Waals surface area contributed by atoms with Gasteiger partial charge in [0.25, 0.3) is 0 Å². The highest BCUT2D eigenvalue weighted by Crippen LogP contribution is 2.24. The van der Waals surface area contributed by atoms with Crippen LogP contribution in [0.2, 0.25) is 25.7 Å². The van der Waals surface area contributed by atoms with E-state index in [1.165, 1.54) is 0 Å². The lowest BCUT2D eigenvalue weighted by Crippen LogP contribution is -2.29. The fraction of sp³-hybridized carbons (Fsp3) is 0.429. The molecule has 2 atom stereocenters. The van der Waals surface area contributed by atoms with Crippen molar-refractivity contribution in [1.82, 2.24) is 0 Å². The molecule has 0 aliphatic rings. The van der Waals surface area contributed by atoms with Crippen LogP contribution in [0.1, 0.15) is 154 Å². The van der Waals surface area contributed by atoms with Crippen molar-refractivity contribution in [2.75, 3.05) is 19.8 Å². The largest absolute Gasteiger partial charge is 0.478 e. The summed E-state index contributed by atoms with van der Waals surface area (Å²) < 4.78 is 17.2. The first kappa shape index (κ1) is 69.7. The van der Waals surface area contributed by atoms with E-state index in [9.17, 15) is 34.5 Å². The summed E-state index contributed by atoms with van der Waals surface area (Å²) in [7, 11) is -1.28. The van der Waals surface area contributed by atoms with Crippen LogP contribution in [0.15, 0.2) is 121 Å². The van der Waals surface area contributed by atoms with E-state index in [0.717, 1.165) is 59.5 Å². The van der Waals surface area contributed by atoms with Crippen molar-refractivity contribution in [2.24, 2.45) is 0 Å². The topological polar surface area (TPSA) is 238 Å². The second kappa shape index (κ2) is 36.7. The highest BCUT2D eigenvalue weighted by Gasteiger charge is 2.22. The molecular formula is C63H88O14Si. The minimum absolute atomic E-state index is 0.130. The lowest BCUT2D eigenvalue weighted by Gasteiger charge is -2.25. The van der Waals surface area contributed by atoms with Crippen LogP contribution < -0.4 is 0 Å². The Hall–Kier alpha value is -6.30. The number of hydrogen-bond donors (Lipinski definition) is 7. The molecule has 0 bridgehead atoms. The zero-order valence-corrected chi connectivity index (χ0v) is 48.8. The van der Waals surface area contributed by atoms with Crippen LogP contribution in [0.3, 0.4) is 0 Å². The highest BCUT2D eigenvalue weighted by molar-refractivity contribution is 6.76. The van der Waals surface area contributed by atoms with Gasteiger partial charge in [0, 0.05) is 21.3 Å². The summed E-state index contributed by atoms with van der Waals surface area (Å²) in [5.41, 5.74) is 6.84. The van der Waals surface area contributed by atoms with Gasteiger partial charge in [0.05, 0.1) is 41.1 Å². The van der Waals surface area contributed by atoms with Crippen LogP contribution in [0.4, 0.5) is 0 Å². The quantitative estimate of drug-likeness (QED) is 0.0127. The smallest absolute Gasteiger partial charge is 0.338 e. The van der Waals surface area contributed by atoms with Gasteiger partial charge in [0.1, 0.15) is 0 Å². The van der Waals surface area contributed by atoms with Gasteiger partial charge in [-0.2, -0.15) is 0 Å². The molecule has 428 valence electrons. The lowest BCUT2D eigenvalue weighted by molar-refractivity contribution is -0.206. The Morgan fingerprint density at radius 3 is 1.24 bits per heavy atom. The van der Waals surface area contributed by atoms with E-state index in [2.05, 4.69) is 19.6 Å². The van der Waals surface area contributed by atoms with Crippen LogP contribution >= 0.6 is 0 Å². The van der Waals surface area contributed by atoms with Crippen molar-refractivity contribution in [3.05, 3.63) is 177 Å². The van der Waals surface area contributed by atoms with Gasteiger partial charge >= 0.3 is 23.9 Å². The second-order valence-electron chi connectivity index (χ2n) is 21.0. The summed E-state index contributed by atoms with van der Waals surface area (Å²) in [5, 5.41) is 64.0. The summed E-state index contributed by atoms with van der Waals surface area (Å²) >= 11 is 0. The summed E-state index contributed by atoms with van der Waals surface area (Å²) in [5.74, 6) is -5.43. The Kier molecular flexibility index (Phi) is 32.8. The second-order valence-corrected chi connectivity index (χ2v) is 26.6. The number of carboxylic acids is 3. The number of esters is 1. The van der Waals surface area contributed by atoms with Crippen molar-refractivity contribution in [3.63, 3.8) is 0 Å². The predicted molar refractivity (Wildman–Crippen MR) is 314 cm³/mol. The Balaban J connectivity index is 0.000000594. The first-order chi connectivity index (χ1) is 36.6. The highest BCUT2D eigenvalue weighted by atomic mass is 28.3. The molecule has 78 heavy (non-hydrogen) atoms. The molecule has 0 spiro atoms. The van der Waals surface area contributed by atoms with E-state index in [4.69, 9.17) is 34.6 Å². The average molecular weight is 1100 g/mol. The number of allylic oxidation sites excluding steroid dienone is 2. The van der Waals surface area contributed by atoms with E-state index >= 15 is 0 Å². The molecule has 0 saturated heterocycles. The van der Waals surface area contributed by atoms with Crippen molar-refractivity contribution < 1.29 is 69.1 Å². The van der Waals surface area contributed by atoms with Crippen LogP contribution in [-0.2, 0) is 14.2 Å². The summed E-state index contributed by atoms with van der Waals surface area (Å²) in [6.45, 7) is 21.7. The zero-order valence-electron chi connectivity index (χ0n) is 47.8. The first-order valence-corrected chi connectivity index (χ1v) is 30.1. The Morgan fingerprint density at radius 2 is 0.910 bits per heavy atom. The van der Waals surface area contributed by atoms with Crippen LogP contribution in [-0.4, -0.2) is 111 Å². The van der Waals surface area contributed by atoms with Crippen LogP contribution in [0.25, 0.3) is 12.2 Å². The molecule has 0 unspecified atom stereocenters. The van der Waals surface area contributed by atoms with Gasteiger partial charge in [-0.15, -0.1) is 0 Å². The molecule has 4 rings (SSSR count). The van der Waals surface area contributed by atoms with E-state index in [0.29, 0.717) is 60.1 Å². The summed E-state index contributed by atoms with van der Waals surface area (Å²) in [4.78, 5) is 44.8. The molecule has 0 aliphatic carbocycles. The minimum Gasteiger partial charge on any atom is -0.478 e. The fourth-order valence-corrected chi connectivity index (χ4v) is 8.38. The number of aromatic carboxylic acids is 3. The maximum absolute atomic E-state index is 12.9. The average Bonchev–Trinajstić information content (AvgIpc) is 3.33. The van der Waals surface area contributed by atoms with E-state index in [1.807, 2.05) is 93.6 Å². The third kappa shape index (κ3) is 32.4. The number of benzene rings is 4. The van der Waals surface area contributed by atoms with E-state index < -0.39 is 37.6 Å². The zero-order chi connectivity index (χ0) is 58.9. The molecule has 0 saturated carbocycles. The Bertz CT molecular complexity index is 2480. The van der Waals surface area contributed by atoms with Gasteiger partial charge in [-0.3, -0.25) is 0 Å². The molecule has 15 heteroatoms. The van der Waals surface area contributed by atoms with E-state index in [-0.39, 0.29) is 31.4 Å². The SMILES string of the molecule is Cc1cc(C)c(C(=O)O)c(/C=C/C[C@@H](CC/C=C\CCO)OC(C)(C)O)c1.Cc1cc(C)c(C(=O)OCC[Si](C)(C)C)c(/C=C/C[C@@H](CC/C=C\CCO)OC(C)(C)O)c1.O=C(O)c1ccccc1.O=C(O)c1ccccc1. The van der Waals surface area contributed by atoms with Gasteiger partial charge < -0.3 is 50.0 Å². The number of ether oxygens (including phenoxy) is 3. The van der Waals surface area contributed by atoms with Gasteiger partial charge in [-0.05, 0) is 159 Å². The van der Waals surface area contributed by atoms with E-state index in [1.54, 1.807) is 95.3 Å². The minimum atomic E-state index is -1.28. The summed E-state index contributed by atoms with van der Waals surface area (Å²) in [6, 6.07) is 25.3. The van der Waals surface area contributed by atoms with Crippen molar-refractivity contribution in [2.45, 2.75) is 156 Å². The van der Waals surface area contributed by atoms with Crippen molar-refractivity contribution in [1.29, 1.82) is 0 Å². The monoisotopic (exact) mass is 1100 g/mol. The van der Waals surface area contributed by atoms with Gasteiger partial charge in [-0.25, -0.2) is 19.2 Å². The number of carbonyl (C=O) groups is 4. The number of hydrogen-bond acceptors (Lipinski definition) is 11. The van der Waals surface area contributed by atoms with Crippen molar-refractivity contribution >= 4 is 44.1 Å². The molecule has 4 aromatic carbocycles. The number of aliphatic hydroxyl groups is 4. The molecule has 14 nitrogen and oxygen atoms in total. The van der Waals surface area contributed by atoms with Gasteiger partial charge in [0.2, 0.25) is 0 Å². The molecule has 0 fully saturated rings. The Morgan fingerprint density at radius 1 is 0.538 bits per heavy atom. The fourth-order valence-electron chi connectivity index (χ4n) is 7.66. The number of carboxylic acid groups (broad SMARTS) is 3. The van der Waals surface area contributed by atoms with Crippen LogP contribution in [0.5, 0.6) is 0 Å². The number of carbonyl (C=O) groups excluding carboxylic acids is 1. The third-order valence-electron chi connectivity index (χ3n) is 11.1. The Labute approximate surface area is 464 Å². The molecule has 0 aliphatic heterocycles. The molecule has 0 heterocycles. The maximum atomic E-state index is 12.9. The molecule has 0 radical (unpaired) electrons. The third-order valence-corrected chi connectivity index (χ3v) is 12.8. The lowest BCUT2D eigenvalue weighted by atomic mass is 9.98. The normalized spacial score (nSPS) is 12.6. The number of rotatable bonds is 27. The standard InChI is InChI=1S/C27H44O5Si.C22H32O5.2C7H6O2/c1-21-19-22(2)25(26(29)31-17-18-33(5,6)7)23(20-21)13-12-15-24(32-27(3,4)30)14-10-8-9-11-16-28;1-16-14-17(2)20(21(24)25)18(15-16)10-9-12-19(27-22(3,4)26)11-7-5-6-8-13-23;2*8-7(9)6-4-2-1-3-5-6/h8-9,12-13,19-20,24,28,30H,10-11,14-18H2,1-7H3;5-6,9-10,14-15,19,23,26H,7-8,11-13H2,1-4H3,(H,24,25);2*1-5H,(H,8,9)/b9-8-,13-12+;6-5-,10-9+;;/t24-;19-;;/m11../s1. The predicted octanol–water partition coefficient (Wildman–Crippen LogP) is 13.0. The molecule has 0 amide bonds. The van der Waals surface area contributed by atoms with Crippen LogP contribution in [0, 0.1) is 27.7 Å². The molecule has 0 aromatic heterocycles.